The van der Waals surface area contributed by atoms with Gasteiger partial charge in [-0.15, -0.1) is 0 Å². The molecule has 2 atom stereocenters. The number of ether oxygens (including phenoxy) is 1. The number of carbonyl (C=O) groups is 1. The molecule has 1 fully saturated rings. The molecule has 0 radical (unpaired) electrons. The van der Waals surface area contributed by atoms with Crippen molar-refractivity contribution in [2.75, 3.05) is 0 Å². The summed E-state index contributed by atoms with van der Waals surface area (Å²) in [6.07, 6.45) is 3.39. The normalized spacial score (nSPS) is 21.2. The number of allylic oxidation sites excluding steroid dienone is 1. The lowest BCUT2D eigenvalue weighted by atomic mass is 10.1. The SMILES string of the molecule is Cc1nc(-c2ccccc2)n(CC=CC2CC(O)CC(=O)O2)c1C. The van der Waals surface area contributed by atoms with Crippen LogP contribution >= 0.6 is 0 Å². The van der Waals surface area contributed by atoms with Gasteiger partial charge in [-0.3, -0.25) is 4.79 Å². The molecule has 1 aromatic heterocycles. The highest BCUT2D eigenvalue weighted by molar-refractivity contribution is 5.71. The predicted octanol–water partition coefficient (Wildman–Crippen LogP) is 2.79. The average Bonchev–Trinajstić information content (AvgIpc) is 2.83. The van der Waals surface area contributed by atoms with Gasteiger partial charge in [0.05, 0.1) is 18.2 Å². The summed E-state index contributed by atoms with van der Waals surface area (Å²) in [5.74, 6) is 0.582. The molecule has 3 rings (SSSR count). The molecule has 1 saturated heterocycles. The topological polar surface area (TPSA) is 64.3 Å². The maximum Gasteiger partial charge on any atom is 0.309 e. The lowest BCUT2D eigenvalue weighted by Crippen LogP contribution is -2.31. The van der Waals surface area contributed by atoms with E-state index in [2.05, 4.69) is 9.55 Å². The number of aliphatic hydroxyl groups excluding tert-OH is 1. The molecule has 1 aromatic carbocycles. The number of aryl methyl sites for hydroxylation is 1. The van der Waals surface area contributed by atoms with Gasteiger partial charge in [-0.2, -0.15) is 0 Å². The van der Waals surface area contributed by atoms with Crippen molar-refractivity contribution in [3.05, 3.63) is 53.9 Å². The minimum Gasteiger partial charge on any atom is -0.458 e. The molecule has 1 aliphatic rings. The summed E-state index contributed by atoms with van der Waals surface area (Å²) in [5, 5.41) is 9.66. The Morgan fingerprint density at radius 1 is 1.33 bits per heavy atom. The summed E-state index contributed by atoms with van der Waals surface area (Å²) in [6, 6.07) is 10.1. The minimum absolute atomic E-state index is 0.0856. The van der Waals surface area contributed by atoms with Crippen molar-refractivity contribution in [2.24, 2.45) is 0 Å². The van der Waals surface area contributed by atoms with E-state index in [0.29, 0.717) is 13.0 Å². The highest BCUT2D eigenvalue weighted by atomic mass is 16.5. The molecule has 0 saturated carbocycles. The number of carbonyl (C=O) groups excluding carboxylic acids is 1. The molecule has 2 unspecified atom stereocenters. The lowest BCUT2D eigenvalue weighted by Gasteiger charge is -2.23. The molecule has 2 heterocycles. The summed E-state index contributed by atoms with van der Waals surface area (Å²) in [7, 11) is 0. The van der Waals surface area contributed by atoms with Crippen molar-refractivity contribution < 1.29 is 14.6 Å². The summed E-state index contributed by atoms with van der Waals surface area (Å²) in [5.41, 5.74) is 3.18. The third kappa shape index (κ3) is 3.57. The third-order valence-electron chi connectivity index (χ3n) is 4.32. The Morgan fingerprint density at radius 2 is 2.08 bits per heavy atom. The number of benzene rings is 1. The van der Waals surface area contributed by atoms with Gasteiger partial charge in [0, 0.05) is 24.2 Å². The largest absolute Gasteiger partial charge is 0.458 e. The van der Waals surface area contributed by atoms with Crippen molar-refractivity contribution in [1.29, 1.82) is 0 Å². The van der Waals surface area contributed by atoms with Crippen LogP contribution in [0.4, 0.5) is 0 Å². The zero-order chi connectivity index (χ0) is 17.1. The van der Waals surface area contributed by atoms with Crippen molar-refractivity contribution in [3.8, 4) is 11.4 Å². The van der Waals surface area contributed by atoms with Crippen molar-refractivity contribution >= 4 is 5.97 Å². The first-order valence-corrected chi connectivity index (χ1v) is 8.18. The smallest absolute Gasteiger partial charge is 0.309 e. The van der Waals surface area contributed by atoms with Crippen LogP contribution in [0.15, 0.2) is 42.5 Å². The van der Waals surface area contributed by atoms with Crippen molar-refractivity contribution in [2.45, 2.75) is 45.4 Å². The van der Waals surface area contributed by atoms with Gasteiger partial charge in [0.15, 0.2) is 0 Å². The second-order valence-electron chi connectivity index (χ2n) is 6.13. The Kier molecular flexibility index (Phi) is 4.81. The molecular weight excluding hydrogens is 304 g/mol. The Balaban J connectivity index is 1.78. The van der Waals surface area contributed by atoms with Crippen LogP contribution < -0.4 is 0 Å². The van der Waals surface area contributed by atoms with E-state index in [4.69, 9.17) is 4.74 Å². The van der Waals surface area contributed by atoms with Gasteiger partial charge >= 0.3 is 5.97 Å². The molecule has 5 heteroatoms. The molecule has 2 aromatic rings. The fourth-order valence-electron chi connectivity index (χ4n) is 2.93. The van der Waals surface area contributed by atoms with Gasteiger partial charge in [-0.1, -0.05) is 36.4 Å². The van der Waals surface area contributed by atoms with E-state index in [0.717, 1.165) is 22.8 Å². The van der Waals surface area contributed by atoms with Gasteiger partial charge in [-0.05, 0) is 19.9 Å². The average molecular weight is 326 g/mol. The predicted molar refractivity (Wildman–Crippen MR) is 91.4 cm³/mol. The lowest BCUT2D eigenvalue weighted by molar-refractivity contribution is -0.156. The van der Waals surface area contributed by atoms with Crippen LogP contribution in [-0.2, 0) is 16.1 Å². The third-order valence-corrected chi connectivity index (χ3v) is 4.32. The number of aliphatic hydroxyl groups is 1. The molecule has 24 heavy (non-hydrogen) atoms. The maximum absolute atomic E-state index is 11.4. The number of hydrogen-bond acceptors (Lipinski definition) is 4. The number of cyclic esters (lactones) is 1. The van der Waals surface area contributed by atoms with Crippen LogP contribution in [0.25, 0.3) is 11.4 Å². The highest BCUT2D eigenvalue weighted by Crippen LogP contribution is 2.22. The molecule has 0 bridgehead atoms. The van der Waals surface area contributed by atoms with E-state index in [9.17, 15) is 9.90 Å². The summed E-state index contributed by atoms with van der Waals surface area (Å²) < 4.78 is 7.38. The van der Waals surface area contributed by atoms with Gasteiger partial charge in [0.25, 0.3) is 0 Å². The van der Waals surface area contributed by atoms with Crippen LogP contribution in [0.1, 0.15) is 24.2 Å². The van der Waals surface area contributed by atoms with Crippen LogP contribution in [-0.4, -0.2) is 32.8 Å². The fourth-order valence-corrected chi connectivity index (χ4v) is 2.93. The second-order valence-corrected chi connectivity index (χ2v) is 6.13. The molecule has 1 aliphatic heterocycles. The maximum atomic E-state index is 11.4. The number of nitrogens with zero attached hydrogens (tertiary/aromatic N) is 2. The minimum atomic E-state index is -0.613. The first kappa shape index (κ1) is 16.5. The monoisotopic (exact) mass is 326 g/mol. The van der Waals surface area contributed by atoms with Gasteiger partial charge in [0.2, 0.25) is 0 Å². The van der Waals surface area contributed by atoms with E-state index in [1.54, 1.807) is 0 Å². The van der Waals surface area contributed by atoms with Crippen LogP contribution in [0.2, 0.25) is 0 Å². The van der Waals surface area contributed by atoms with Crippen LogP contribution in [0, 0.1) is 13.8 Å². The van der Waals surface area contributed by atoms with E-state index in [1.165, 1.54) is 0 Å². The molecule has 5 nitrogen and oxygen atoms in total. The summed E-state index contributed by atoms with van der Waals surface area (Å²) >= 11 is 0. The zero-order valence-corrected chi connectivity index (χ0v) is 14.0. The quantitative estimate of drug-likeness (QED) is 0.693. The standard InChI is InChI=1S/C19H22N2O3/c1-13-14(2)21(19(20-13)15-7-4-3-5-8-15)10-6-9-17-11-16(22)12-18(23)24-17/h3-9,16-17,22H,10-12H2,1-2H3. The highest BCUT2D eigenvalue weighted by Gasteiger charge is 2.25. The van der Waals surface area contributed by atoms with Crippen LogP contribution in [0.5, 0.6) is 0 Å². The first-order valence-electron chi connectivity index (χ1n) is 8.18. The van der Waals surface area contributed by atoms with E-state index >= 15 is 0 Å². The molecule has 0 spiro atoms. The number of hydrogen-bond donors (Lipinski definition) is 1. The van der Waals surface area contributed by atoms with Crippen LogP contribution in [0.3, 0.4) is 0 Å². The number of aromatic nitrogens is 2. The second kappa shape index (κ2) is 7.01. The van der Waals surface area contributed by atoms with Gasteiger partial charge < -0.3 is 14.4 Å². The number of imidazole rings is 1. The van der Waals surface area contributed by atoms with Gasteiger partial charge in [-0.25, -0.2) is 4.98 Å². The zero-order valence-electron chi connectivity index (χ0n) is 14.0. The van der Waals surface area contributed by atoms with E-state index in [-0.39, 0.29) is 18.5 Å². The molecule has 0 aliphatic carbocycles. The van der Waals surface area contributed by atoms with Gasteiger partial charge in [0.1, 0.15) is 11.9 Å². The van der Waals surface area contributed by atoms with E-state index < -0.39 is 6.10 Å². The molecule has 126 valence electrons. The fraction of sp³-hybridized carbons (Fsp3) is 0.368. The van der Waals surface area contributed by atoms with E-state index in [1.807, 2.05) is 56.3 Å². The first-order chi connectivity index (χ1) is 11.5. The van der Waals surface area contributed by atoms with Crippen molar-refractivity contribution in [1.82, 2.24) is 9.55 Å². The van der Waals surface area contributed by atoms with Crippen molar-refractivity contribution in [3.63, 3.8) is 0 Å². The molecule has 0 amide bonds. The summed E-state index contributed by atoms with van der Waals surface area (Å²) in [4.78, 5) is 16.1. The Morgan fingerprint density at radius 3 is 2.79 bits per heavy atom. The molecular formula is C19H22N2O3. The summed E-state index contributed by atoms with van der Waals surface area (Å²) in [6.45, 7) is 4.69. The molecule has 1 N–H and O–H groups in total. The number of rotatable bonds is 4. The Bertz CT molecular complexity index is 749. The number of esters is 1. The Hall–Kier alpha value is -2.40. The Labute approximate surface area is 141 Å².